The van der Waals surface area contributed by atoms with Crippen molar-refractivity contribution in [1.29, 1.82) is 0 Å². The van der Waals surface area contributed by atoms with E-state index >= 15 is 0 Å². The highest BCUT2D eigenvalue weighted by molar-refractivity contribution is 8.00. The Bertz CT molecular complexity index is 998. The quantitative estimate of drug-likeness (QED) is 0.168. The molecule has 0 saturated heterocycles. The Labute approximate surface area is 286 Å². The average molecular weight is 679 g/mol. The predicted molar refractivity (Wildman–Crippen MR) is 189 cm³/mol. The minimum atomic E-state index is -0.529. The third kappa shape index (κ3) is 14.9. The first-order valence-electron chi connectivity index (χ1n) is 17.7. The molecule has 2 unspecified atom stereocenters. The summed E-state index contributed by atoms with van der Waals surface area (Å²) in [6.07, 6.45) is 26.6. The van der Waals surface area contributed by atoms with E-state index in [1.807, 2.05) is 6.26 Å². The van der Waals surface area contributed by atoms with E-state index < -0.39 is 11.8 Å². The van der Waals surface area contributed by atoms with Crippen molar-refractivity contribution in [1.82, 2.24) is 10.6 Å². The van der Waals surface area contributed by atoms with Crippen molar-refractivity contribution in [3.63, 3.8) is 0 Å². The van der Waals surface area contributed by atoms with Gasteiger partial charge in [-0.2, -0.15) is 24.4 Å². The van der Waals surface area contributed by atoms with Gasteiger partial charge in [-0.3, -0.25) is 28.8 Å². The maximum Gasteiger partial charge on any atom is 0.220 e. The molecule has 46 heavy (non-hydrogen) atoms. The van der Waals surface area contributed by atoms with Gasteiger partial charge in [-0.05, 0) is 76.0 Å². The van der Waals surface area contributed by atoms with Crippen molar-refractivity contribution in [2.75, 3.05) is 12.5 Å². The van der Waals surface area contributed by atoms with Crippen molar-refractivity contribution >= 4 is 59.3 Å². The minimum Gasteiger partial charge on any atom is -0.353 e. The third-order valence-corrected chi connectivity index (χ3v) is 10.5. The van der Waals surface area contributed by atoms with Crippen molar-refractivity contribution in [3.05, 3.63) is 12.2 Å². The number of carbonyl (C=O) groups is 6. The highest BCUT2D eigenvalue weighted by atomic mass is 32.2. The van der Waals surface area contributed by atoms with E-state index in [1.165, 1.54) is 88.1 Å². The van der Waals surface area contributed by atoms with Crippen molar-refractivity contribution in [2.24, 2.45) is 11.8 Å². The topological polar surface area (TPSA) is 126 Å². The number of ketones is 4. The van der Waals surface area contributed by atoms with Gasteiger partial charge in [0.25, 0.3) is 0 Å². The maximum absolute atomic E-state index is 12.1. The molecule has 260 valence electrons. The molecular formula is C36H58N2O6S2. The number of Topliss-reactive ketones (excluding diaryl/α,β-unsaturated/α-hetero) is 2. The van der Waals surface area contributed by atoms with Gasteiger partial charge in [-0.25, -0.2) is 0 Å². The molecular weight excluding hydrogens is 621 g/mol. The fourth-order valence-electron chi connectivity index (χ4n) is 6.87. The third-order valence-electron chi connectivity index (χ3n) is 9.55. The van der Waals surface area contributed by atoms with Crippen molar-refractivity contribution < 1.29 is 28.8 Å². The second kappa shape index (κ2) is 23.4. The lowest BCUT2D eigenvalue weighted by atomic mass is 9.96. The van der Waals surface area contributed by atoms with Crippen molar-refractivity contribution in [2.45, 2.75) is 152 Å². The Morgan fingerprint density at radius 1 is 0.674 bits per heavy atom. The molecule has 4 aliphatic rings. The predicted octanol–water partition coefficient (Wildman–Crippen LogP) is 6.53. The summed E-state index contributed by atoms with van der Waals surface area (Å²) < 4.78 is 0. The highest BCUT2D eigenvalue weighted by Gasteiger charge is 2.40. The van der Waals surface area contributed by atoms with Crippen LogP contribution in [-0.4, -0.2) is 64.8 Å². The summed E-state index contributed by atoms with van der Waals surface area (Å²) in [5.74, 6) is -0.930. The Kier molecular flexibility index (Phi) is 20.5. The van der Waals surface area contributed by atoms with Crippen LogP contribution in [0.4, 0.5) is 0 Å². The molecule has 0 spiro atoms. The number of thiol groups is 1. The van der Waals surface area contributed by atoms with Gasteiger partial charge < -0.3 is 10.6 Å². The minimum absolute atomic E-state index is 0.0615. The zero-order valence-corrected chi connectivity index (χ0v) is 29.9. The molecule has 0 heterocycles. The number of amides is 2. The first-order chi connectivity index (χ1) is 22.3. The lowest BCUT2D eigenvalue weighted by Crippen LogP contribution is -2.35. The highest BCUT2D eigenvalue weighted by Crippen LogP contribution is 2.30. The summed E-state index contributed by atoms with van der Waals surface area (Å²) in [5, 5.41) is 6.10. The maximum atomic E-state index is 12.1. The van der Waals surface area contributed by atoms with E-state index in [4.69, 9.17) is 0 Å². The fraction of sp³-hybridized carbons (Fsp3) is 0.778. The van der Waals surface area contributed by atoms with Crippen LogP contribution in [0.25, 0.3) is 0 Å². The fourth-order valence-corrected chi connectivity index (χ4v) is 7.59. The average Bonchev–Trinajstić information content (AvgIpc) is 3.48. The Balaban J connectivity index is 0.000000305. The van der Waals surface area contributed by atoms with Gasteiger partial charge in [-0.15, -0.1) is 0 Å². The van der Waals surface area contributed by atoms with E-state index in [0.717, 1.165) is 25.7 Å². The zero-order valence-electron chi connectivity index (χ0n) is 28.2. The molecule has 0 aromatic carbocycles. The second-order valence-electron chi connectivity index (χ2n) is 13.0. The summed E-state index contributed by atoms with van der Waals surface area (Å²) in [7, 11) is 0. The van der Waals surface area contributed by atoms with Gasteiger partial charge in [0.15, 0.2) is 17.3 Å². The molecule has 10 heteroatoms. The van der Waals surface area contributed by atoms with Gasteiger partial charge >= 0.3 is 0 Å². The molecule has 3 fully saturated rings. The van der Waals surface area contributed by atoms with Gasteiger partial charge in [0, 0.05) is 31.3 Å². The molecule has 0 radical (unpaired) electrons. The van der Waals surface area contributed by atoms with Crippen LogP contribution >= 0.6 is 24.4 Å². The number of hydrogen-bond donors (Lipinski definition) is 3. The molecule has 3 saturated carbocycles. The van der Waals surface area contributed by atoms with Gasteiger partial charge in [0.2, 0.25) is 11.8 Å². The normalized spacial score (nSPS) is 23.3. The van der Waals surface area contributed by atoms with Crippen LogP contribution < -0.4 is 10.6 Å². The van der Waals surface area contributed by atoms with Gasteiger partial charge in [-0.1, -0.05) is 64.2 Å². The van der Waals surface area contributed by atoms with Gasteiger partial charge in [0.05, 0.1) is 17.1 Å². The molecule has 0 aliphatic heterocycles. The van der Waals surface area contributed by atoms with Crippen LogP contribution in [0.1, 0.15) is 135 Å². The lowest BCUT2D eigenvalue weighted by molar-refractivity contribution is -0.128. The second-order valence-corrected chi connectivity index (χ2v) is 14.1. The van der Waals surface area contributed by atoms with Crippen LogP contribution in [-0.2, 0) is 28.8 Å². The SMILES string of the molecule is CS.CSC1CC(=O)C(CCCC(=O)NC2CCCCCCC2)C1=O.O=C(CCCC1C(=O)C=CC1=O)NC1CCCCCCC1. The van der Waals surface area contributed by atoms with Gasteiger partial charge in [0.1, 0.15) is 5.78 Å². The number of allylic oxidation sites excluding steroid dienone is 2. The van der Waals surface area contributed by atoms with E-state index in [2.05, 4.69) is 23.3 Å². The molecule has 2 N–H and O–H groups in total. The standard InChI is InChI=1S/C18H29NO3S.C17H25NO3.CH4S/c1-23-16-12-15(20)14(18(16)22)10-7-11-17(21)19-13-8-5-3-2-4-6-9-13;19-15-11-12-16(20)14(15)9-6-10-17(21)18-13-7-4-2-1-3-5-8-13;1-2/h13-14,16H,2-12H2,1H3,(H,19,21);11-14H,1-10H2,(H,18,21);2H,1H3. The van der Waals surface area contributed by atoms with E-state index in [0.29, 0.717) is 57.0 Å². The Morgan fingerprint density at radius 3 is 1.46 bits per heavy atom. The summed E-state index contributed by atoms with van der Waals surface area (Å²) in [6.45, 7) is 0. The smallest absolute Gasteiger partial charge is 0.220 e. The van der Waals surface area contributed by atoms with E-state index in [9.17, 15) is 28.8 Å². The van der Waals surface area contributed by atoms with Crippen LogP contribution in [0, 0.1) is 11.8 Å². The molecule has 8 nitrogen and oxygen atoms in total. The molecule has 4 rings (SSSR count). The molecule has 4 aliphatic carbocycles. The van der Waals surface area contributed by atoms with Crippen molar-refractivity contribution in [3.8, 4) is 0 Å². The summed E-state index contributed by atoms with van der Waals surface area (Å²) in [4.78, 5) is 70.9. The van der Waals surface area contributed by atoms with Crippen LogP contribution in [0.5, 0.6) is 0 Å². The Morgan fingerprint density at radius 2 is 1.07 bits per heavy atom. The first kappa shape index (κ1) is 40.2. The summed E-state index contributed by atoms with van der Waals surface area (Å²) >= 11 is 4.99. The molecule has 0 aromatic rings. The first-order valence-corrected chi connectivity index (χ1v) is 19.8. The van der Waals surface area contributed by atoms with Crippen LogP contribution in [0.3, 0.4) is 0 Å². The van der Waals surface area contributed by atoms with E-state index in [-0.39, 0.29) is 40.2 Å². The molecule has 2 atom stereocenters. The number of hydrogen-bond acceptors (Lipinski definition) is 8. The van der Waals surface area contributed by atoms with Crippen LogP contribution in [0.2, 0.25) is 0 Å². The summed E-state index contributed by atoms with van der Waals surface area (Å²) in [6, 6.07) is 0.632. The number of carbonyl (C=O) groups excluding carboxylic acids is 6. The number of thioether (sulfide) groups is 1. The lowest BCUT2D eigenvalue weighted by Gasteiger charge is -2.21. The number of rotatable bonds is 11. The van der Waals surface area contributed by atoms with E-state index in [1.54, 1.807) is 6.26 Å². The summed E-state index contributed by atoms with van der Waals surface area (Å²) in [5.41, 5.74) is 0. The largest absolute Gasteiger partial charge is 0.353 e. The monoisotopic (exact) mass is 678 g/mol. The zero-order chi connectivity index (χ0) is 33.7. The molecule has 2 amide bonds. The molecule has 0 bridgehead atoms. The number of nitrogens with one attached hydrogen (secondary N) is 2. The van der Waals surface area contributed by atoms with Crippen LogP contribution in [0.15, 0.2) is 12.2 Å². The Hall–Kier alpha value is -1.94. The molecule has 0 aromatic heterocycles.